The standard InChI is InChI=1S/C4H2N4O4.Na/c9-3(10)1-5-7-2(4(11)12)8-6-1;/h(H,9,10)(H,11,12);/q;+1. The predicted octanol–water partition coefficient (Wildman–Crippen LogP) is -4.33. The van der Waals surface area contributed by atoms with Gasteiger partial charge in [-0.05, 0) is 0 Å². The van der Waals surface area contributed by atoms with Gasteiger partial charge in [-0.2, -0.15) is 0 Å². The fourth-order valence-electron chi connectivity index (χ4n) is 0.401. The van der Waals surface area contributed by atoms with Gasteiger partial charge >= 0.3 is 41.5 Å². The van der Waals surface area contributed by atoms with Gasteiger partial charge in [0.2, 0.25) is 0 Å². The molecule has 1 heterocycles. The molecule has 0 atom stereocenters. The summed E-state index contributed by atoms with van der Waals surface area (Å²) in [7, 11) is 0. The summed E-state index contributed by atoms with van der Waals surface area (Å²) in [4.78, 5) is 20.3. The van der Waals surface area contributed by atoms with Crippen molar-refractivity contribution in [2.75, 3.05) is 0 Å². The summed E-state index contributed by atoms with van der Waals surface area (Å²) in [6.07, 6.45) is 0. The summed E-state index contributed by atoms with van der Waals surface area (Å²) in [5, 5.41) is 28.5. The molecule has 0 spiro atoms. The molecule has 1 aromatic heterocycles. The van der Waals surface area contributed by atoms with E-state index in [2.05, 4.69) is 20.4 Å². The third kappa shape index (κ3) is 3.01. The quantitative estimate of drug-likeness (QED) is 0.451. The molecule has 9 heteroatoms. The second kappa shape index (κ2) is 4.80. The van der Waals surface area contributed by atoms with Gasteiger partial charge in [0.15, 0.2) is 0 Å². The van der Waals surface area contributed by atoms with Crippen LogP contribution in [0, 0.1) is 0 Å². The number of hydrogen-bond acceptors (Lipinski definition) is 6. The molecule has 0 aliphatic rings. The van der Waals surface area contributed by atoms with Crippen LogP contribution >= 0.6 is 0 Å². The van der Waals surface area contributed by atoms with E-state index in [4.69, 9.17) is 10.2 Å². The van der Waals surface area contributed by atoms with Gasteiger partial charge in [-0.15, -0.1) is 20.4 Å². The van der Waals surface area contributed by atoms with Crippen molar-refractivity contribution in [1.29, 1.82) is 0 Å². The van der Waals surface area contributed by atoms with Crippen molar-refractivity contribution in [3.8, 4) is 0 Å². The molecule has 13 heavy (non-hydrogen) atoms. The number of carboxylic acid groups (broad SMARTS) is 2. The number of carboxylic acids is 2. The second-order valence-electron chi connectivity index (χ2n) is 1.66. The molecule has 0 aromatic carbocycles. The summed E-state index contributed by atoms with van der Waals surface area (Å²) in [6, 6.07) is 0. The van der Waals surface area contributed by atoms with E-state index in [9.17, 15) is 9.59 Å². The van der Waals surface area contributed by atoms with Crippen LogP contribution in [-0.2, 0) is 0 Å². The zero-order valence-electron chi connectivity index (χ0n) is 6.50. The van der Waals surface area contributed by atoms with E-state index in [-0.39, 0.29) is 29.6 Å². The third-order valence-corrected chi connectivity index (χ3v) is 0.861. The Morgan fingerprint density at radius 3 is 1.23 bits per heavy atom. The van der Waals surface area contributed by atoms with E-state index in [1.54, 1.807) is 0 Å². The molecule has 0 unspecified atom stereocenters. The van der Waals surface area contributed by atoms with Gasteiger partial charge in [0.05, 0.1) is 0 Å². The van der Waals surface area contributed by atoms with Crippen molar-refractivity contribution in [3.63, 3.8) is 0 Å². The van der Waals surface area contributed by atoms with Crippen LogP contribution in [0.2, 0.25) is 0 Å². The Labute approximate surface area is 93.3 Å². The summed E-state index contributed by atoms with van der Waals surface area (Å²) < 4.78 is 0. The number of carbonyl (C=O) groups is 2. The smallest absolute Gasteiger partial charge is 0.475 e. The average molecular weight is 193 g/mol. The molecule has 0 radical (unpaired) electrons. The van der Waals surface area contributed by atoms with Crippen LogP contribution in [0.5, 0.6) is 0 Å². The summed E-state index contributed by atoms with van der Waals surface area (Å²) in [5.41, 5.74) is 0. The first-order valence-electron chi connectivity index (χ1n) is 2.65. The number of aromatic nitrogens is 4. The first kappa shape index (κ1) is 11.9. The fraction of sp³-hybridized carbons (Fsp3) is 0. The van der Waals surface area contributed by atoms with Crippen molar-refractivity contribution >= 4 is 11.9 Å². The Bertz CT molecular complexity index is 292. The van der Waals surface area contributed by atoms with Crippen LogP contribution in [0.15, 0.2) is 0 Å². The van der Waals surface area contributed by atoms with Crippen LogP contribution in [0.4, 0.5) is 0 Å². The average Bonchev–Trinajstić information content (AvgIpc) is 2.04. The molecular weight excluding hydrogens is 191 g/mol. The molecule has 1 aromatic rings. The van der Waals surface area contributed by atoms with Crippen LogP contribution in [0.25, 0.3) is 0 Å². The first-order chi connectivity index (χ1) is 5.61. The Kier molecular flexibility index (Phi) is 4.38. The van der Waals surface area contributed by atoms with Crippen LogP contribution < -0.4 is 29.6 Å². The van der Waals surface area contributed by atoms with Gasteiger partial charge in [-0.3, -0.25) is 0 Å². The monoisotopic (exact) mass is 193 g/mol. The van der Waals surface area contributed by atoms with Gasteiger partial charge in [-0.1, -0.05) is 0 Å². The summed E-state index contributed by atoms with van der Waals surface area (Å²) in [5.74, 6) is -4.10. The summed E-state index contributed by atoms with van der Waals surface area (Å²) in [6.45, 7) is 0. The normalized spacial score (nSPS) is 8.62. The van der Waals surface area contributed by atoms with Crippen LogP contribution in [0.3, 0.4) is 0 Å². The maximum Gasteiger partial charge on any atom is 1.00 e. The fourth-order valence-corrected chi connectivity index (χ4v) is 0.401. The van der Waals surface area contributed by atoms with Crippen molar-refractivity contribution < 1.29 is 49.4 Å². The maximum absolute atomic E-state index is 10.1. The topological polar surface area (TPSA) is 126 Å². The van der Waals surface area contributed by atoms with Crippen LogP contribution in [-0.4, -0.2) is 42.5 Å². The zero-order chi connectivity index (χ0) is 9.14. The number of hydrogen-bond donors (Lipinski definition) is 2. The largest absolute Gasteiger partial charge is 1.00 e. The minimum atomic E-state index is -1.41. The number of nitrogens with zero attached hydrogens (tertiary/aromatic N) is 4. The van der Waals surface area contributed by atoms with E-state index >= 15 is 0 Å². The molecule has 0 amide bonds. The predicted molar refractivity (Wildman–Crippen MR) is 31.5 cm³/mol. The summed E-state index contributed by atoms with van der Waals surface area (Å²) >= 11 is 0. The second-order valence-corrected chi connectivity index (χ2v) is 1.66. The van der Waals surface area contributed by atoms with E-state index in [0.29, 0.717) is 0 Å². The number of aromatic carboxylic acids is 2. The van der Waals surface area contributed by atoms with Crippen molar-refractivity contribution in [1.82, 2.24) is 20.4 Å². The molecule has 62 valence electrons. The minimum Gasteiger partial charge on any atom is -0.475 e. The van der Waals surface area contributed by atoms with Crippen molar-refractivity contribution in [2.24, 2.45) is 0 Å². The van der Waals surface area contributed by atoms with Crippen LogP contribution in [0.1, 0.15) is 21.2 Å². The Hall–Kier alpha value is -1.12. The SMILES string of the molecule is O=C(O)c1nnc(C(=O)O)nn1.[Na+]. The molecule has 1 rings (SSSR count). The van der Waals surface area contributed by atoms with Gasteiger partial charge in [-0.25, -0.2) is 9.59 Å². The molecular formula is C4H2N4NaO4+. The minimum absolute atomic E-state index is 0. The first-order valence-corrected chi connectivity index (χ1v) is 2.65. The molecule has 0 saturated heterocycles. The number of rotatable bonds is 2. The van der Waals surface area contributed by atoms with Crippen molar-refractivity contribution in [3.05, 3.63) is 11.6 Å². The van der Waals surface area contributed by atoms with Gasteiger partial charge in [0, 0.05) is 0 Å². The Morgan fingerprint density at radius 2 is 1.08 bits per heavy atom. The van der Waals surface area contributed by atoms with E-state index in [1.165, 1.54) is 0 Å². The molecule has 8 nitrogen and oxygen atoms in total. The maximum atomic E-state index is 10.1. The van der Waals surface area contributed by atoms with E-state index in [0.717, 1.165) is 0 Å². The molecule has 0 aliphatic carbocycles. The Morgan fingerprint density at radius 1 is 0.846 bits per heavy atom. The van der Waals surface area contributed by atoms with Gasteiger partial charge in [0.25, 0.3) is 11.6 Å². The molecule has 2 N–H and O–H groups in total. The third-order valence-electron chi connectivity index (χ3n) is 0.861. The van der Waals surface area contributed by atoms with Crippen molar-refractivity contribution in [2.45, 2.75) is 0 Å². The van der Waals surface area contributed by atoms with E-state index < -0.39 is 23.6 Å². The Balaban J connectivity index is 0.00000144. The molecule has 0 saturated carbocycles. The van der Waals surface area contributed by atoms with E-state index in [1.807, 2.05) is 0 Å². The molecule has 0 aliphatic heterocycles. The zero-order valence-corrected chi connectivity index (χ0v) is 8.50. The molecule has 0 fully saturated rings. The van der Waals surface area contributed by atoms with Gasteiger partial charge in [0.1, 0.15) is 0 Å². The molecule has 0 bridgehead atoms. The van der Waals surface area contributed by atoms with Gasteiger partial charge < -0.3 is 10.2 Å².